The zero-order valence-electron chi connectivity index (χ0n) is 13.0. The summed E-state index contributed by atoms with van der Waals surface area (Å²) in [5.41, 5.74) is 2.75. The zero-order chi connectivity index (χ0) is 17.6. The number of halogens is 3. The first kappa shape index (κ1) is 18.4. The second-order valence-corrected chi connectivity index (χ2v) is 6.07. The van der Waals surface area contributed by atoms with E-state index < -0.39 is 12.8 Å². The molecule has 1 amide bonds. The minimum atomic E-state index is -4.35. The van der Waals surface area contributed by atoms with Gasteiger partial charge in [-0.2, -0.15) is 13.2 Å². The van der Waals surface area contributed by atoms with E-state index in [9.17, 15) is 18.0 Å². The van der Waals surface area contributed by atoms with Gasteiger partial charge in [0.25, 0.3) is 0 Å². The van der Waals surface area contributed by atoms with E-state index in [-0.39, 0.29) is 25.5 Å². The molecule has 1 aromatic heterocycles. The number of alkyl halides is 3. The number of rotatable bonds is 7. The van der Waals surface area contributed by atoms with Crippen molar-refractivity contribution in [2.24, 2.45) is 0 Å². The Morgan fingerprint density at radius 2 is 2.17 bits per heavy atom. The zero-order valence-corrected chi connectivity index (χ0v) is 13.8. The van der Waals surface area contributed by atoms with Crippen LogP contribution in [0.25, 0.3) is 10.6 Å². The highest BCUT2D eigenvalue weighted by molar-refractivity contribution is 7.13. The number of nitrogens with zero attached hydrogens (tertiary/aromatic N) is 1. The van der Waals surface area contributed by atoms with Crippen molar-refractivity contribution in [1.82, 2.24) is 10.3 Å². The van der Waals surface area contributed by atoms with Crippen molar-refractivity contribution in [2.75, 3.05) is 19.8 Å². The van der Waals surface area contributed by atoms with E-state index in [2.05, 4.69) is 15.0 Å². The van der Waals surface area contributed by atoms with Gasteiger partial charge in [-0.05, 0) is 13.0 Å². The molecule has 0 aliphatic rings. The first-order chi connectivity index (χ1) is 11.3. The standard InChI is InChI=1S/C16H17F3N2O2S/c1-11-3-2-4-12(7-11)15-21-13(9-24-15)8-14(22)20-5-6-23-10-16(17,18)19/h2-4,7,9H,5-6,8,10H2,1H3,(H,20,22). The number of aryl methyl sites for hydroxylation is 1. The molecule has 0 fully saturated rings. The van der Waals surface area contributed by atoms with Gasteiger partial charge in [0.15, 0.2) is 0 Å². The van der Waals surface area contributed by atoms with Gasteiger partial charge in [0, 0.05) is 17.5 Å². The fourth-order valence-electron chi connectivity index (χ4n) is 1.98. The number of hydrogen-bond donors (Lipinski definition) is 1. The Labute approximate surface area is 141 Å². The molecule has 0 spiro atoms. The van der Waals surface area contributed by atoms with Crippen LogP contribution < -0.4 is 5.32 Å². The Kier molecular flexibility index (Phi) is 6.33. The fraction of sp³-hybridized carbons (Fsp3) is 0.375. The number of aromatic nitrogens is 1. The van der Waals surface area contributed by atoms with Gasteiger partial charge in [0.2, 0.25) is 5.91 Å². The fourth-order valence-corrected chi connectivity index (χ4v) is 2.79. The molecule has 1 aromatic carbocycles. The molecular weight excluding hydrogens is 341 g/mol. The van der Waals surface area contributed by atoms with Crippen molar-refractivity contribution < 1.29 is 22.7 Å². The van der Waals surface area contributed by atoms with Crippen molar-refractivity contribution >= 4 is 17.2 Å². The van der Waals surface area contributed by atoms with E-state index >= 15 is 0 Å². The quantitative estimate of drug-likeness (QED) is 0.772. The van der Waals surface area contributed by atoms with E-state index in [1.165, 1.54) is 11.3 Å². The maximum atomic E-state index is 11.9. The molecule has 0 saturated heterocycles. The first-order valence-electron chi connectivity index (χ1n) is 7.26. The third-order valence-electron chi connectivity index (χ3n) is 2.99. The second-order valence-electron chi connectivity index (χ2n) is 5.21. The van der Waals surface area contributed by atoms with Crippen LogP contribution in [-0.4, -0.2) is 36.8 Å². The van der Waals surface area contributed by atoms with Gasteiger partial charge in [-0.3, -0.25) is 4.79 Å². The highest BCUT2D eigenvalue weighted by atomic mass is 32.1. The number of thiazole rings is 1. The lowest BCUT2D eigenvalue weighted by Gasteiger charge is -2.08. The molecule has 0 radical (unpaired) electrons. The van der Waals surface area contributed by atoms with Crippen LogP contribution in [0.15, 0.2) is 29.6 Å². The Morgan fingerprint density at radius 3 is 2.88 bits per heavy atom. The molecular formula is C16H17F3N2O2S. The molecule has 1 N–H and O–H groups in total. The summed E-state index contributed by atoms with van der Waals surface area (Å²) in [6, 6.07) is 7.90. The summed E-state index contributed by atoms with van der Waals surface area (Å²) in [6.45, 7) is 0.530. The summed E-state index contributed by atoms with van der Waals surface area (Å²) in [5.74, 6) is -0.299. The lowest BCUT2D eigenvalue weighted by Crippen LogP contribution is -2.30. The molecule has 0 aliphatic heterocycles. The summed E-state index contributed by atoms with van der Waals surface area (Å²) in [7, 11) is 0. The topological polar surface area (TPSA) is 51.2 Å². The van der Waals surface area contributed by atoms with Gasteiger partial charge in [-0.15, -0.1) is 11.3 Å². The molecule has 1 heterocycles. The molecule has 130 valence electrons. The molecule has 2 rings (SSSR count). The lowest BCUT2D eigenvalue weighted by atomic mass is 10.1. The summed E-state index contributed by atoms with van der Waals surface area (Å²) < 4.78 is 40.0. The Bertz CT molecular complexity index is 686. The van der Waals surface area contributed by atoms with E-state index in [4.69, 9.17) is 0 Å². The Morgan fingerprint density at radius 1 is 1.38 bits per heavy atom. The number of carbonyl (C=O) groups excluding carboxylic acids is 1. The molecule has 0 aliphatic carbocycles. The third-order valence-corrected chi connectivity index (χ3v) is 3.93. The maximum Gasteiger partial charge on any atom is 0.411 e. The van der Waals surface area contributed by atoms with Crippen molar-refractivity contribution in [3.05, 3.63) is 40.9 Å². The molecule has 4 nitrogen and oxygen atoms in total. The van der Waals surface area contributed by atoms with Crippen LogP contribution in [0.2, 0.25) is 0 Å². The second kappa shape index (κ2) is 8.25. The largest absolute Gasteiger partial charge is 0.411 e. The van der Waals surface area contributed by atoms with Crippen LogP contribution in [-0.2, 0) is 16.0 Å². The summed E-state index contributed by atoms with van der Waals surface area (Å²) in [4.78, 5) is 16.2. The third kappa shape index (κ3) is 6.29. The van der Waals surface area contributed by atoms with Crippen molar-refractivity contribution in [2.45, 2.75) is 19.5 Å². The number of nitrogens with one attached hydrogen (secondary N) is 1. The number of ether oxygens (including phenoxy) is 1. The molecule has 2 aromatic rings. The van der Waals surface area contributed by atoms with Crippen molar-refractivity contribution in [3.8, 4) is 10.6 Å². The number of amides is 1. The van der Waals surface area contributed by atoms with Crippen LogP contribution in [0.5, 0.6) is 0 Å². The van der Waals surface area contributed by atoms with Crippen molar-refractivity contribution in [3.63, 3.8) is 0 Å². The van der Waals surface area contributed by atoms with Gasteiger partial charge >= 0.3 is 6.18 Å². The van der Waals surface area contributed by atoms with E-state index in [0.717, 1.165) is 16.1 Å². The SMILES string of the molecule is Cc1cccc(-c2nc(CC(=O)NCCOCC(F)(F)F)cs2)c1. The summed E-state index contributed by atoms with van der Waals surface area (Å²) in [6.07, 6.45) is -4.27. The number of hydrogen-bond acceptors (Lipinski definition) is 4. The van der Waals surface area contributed by atoms with Gasteiger partial charge in [0.05, 0.1) is 18.7 Å². The normalized spacial score (nSPS) is 11.5. The summed E-state index contributed by atoms with van der Waals surface area (Å²) in [5, 5.41) is 5.14. The molecule has 0 unspecified atom stereocenters. The minimum Gasteiger partial charge on any atom is -0.370 e. The van der Waals surface area contributed by atoms with Crippen LogP contribution in [0.3, 0.4) is 0 Å². The van der Waals surface area contributed by atoms with E-state index in [1.807, 2.05) is 31.2 Å². The highest BCUT2D eigenvalue weighted by Gasteiger charge is 2.27. The highest BCUT2D eigenvalue weighted by Crippen LogP contribution is 2.24. The number of benzene rings is 1. The average molecular weight is 358 g/mol. The predicted octanol–water partition coefficient (Wildman–Crippen LogP) is 3.36. The van der Waals surface area contributed by atoms with E-state index in [1.54, 1.807) is 5.38 Å². The van der Waals surface area contributed by atoms with Gasteiger partial charge < -0.3 is 10.1 Å². The molecule has 24 heavy (non-hydrogen) atoms. The smallest absolute Gasteiger partial charge is 0.370 e. The average Bonchev–Trinajstić information content (AvgIpc) is 2.94. The van der Waals surface area contributed by atoms with Gasteiger partial charge in [-0.25, -0.2) is 4.98 Å². The van der Waals surface area contributed by atoms with Crippen LogP contribution in [0, 0.1) is 6.92 Å². The van der Waals surface area contributed by atoms with Crippen LogP contribution in [0.4, 0.5) is 13.2 Å². The maximum absolute atomic E-state index is 11.9. The monoisotopic (exact) mass is 358 g/mol. The molecule has 8 heteroatoms. The van der Waals surface area contributed by atoms with Crippen molar-refractivity contribution in [1.29, 1.82) is 0 Å². The minimum absolute atomic E-state index is 0.0315. The molecule has 0 bridgehead atoms. The molecule has 0 saturated carbocycles. The van der Waals surface area contributed by atoms with Crippen LogP contribution >= 0.6 is 11.3 Å². The number of carbonyl (C=O) groups is 1. The Balaban J connectivity index is 1.77. The first-order valence-corrected chi connectivity index (χ1v) is 8.14. The van der Waals surface area contributed by atoms with E-state index in [0.29, 0.717) is 5.69 Å². The molecule has 0 atom stereocenters. The predicted molar refractivity (Wildman–Crippen MR) is 85.9 cm³/mol. The van der Waals surface area contributed by atoms with Crippen LogP contribution in [0.1, 0.15) is 11.3 Å². The van der Waals surface area contributed by atoms with Gasteiger partial charge in [0.1, 0.15) is 11.6 Å². The Hall–Kier alpha value is -1.93. The van der Waals surface area contributed by atoms with Gasteiger partial charge in [-0.1, -0.05) is 23.8 Å². The lowest BCUT2D eigenvalue weighted by molar-refractivity contribution is -0.173. The summed E-state index contributed by atoms with van der Waals surface area (Å²) >= 11 is 1.45.